The first-order valence-corrected chi connectivity index (χ1v) is 7.93. The molecule has 0 saturated heterocycles. The quantitative estimate of drug-likeness (QED) is 0.524. The van der Waals surface area contributed by atoms with E-state index in [0.29, 0.717) is 25.0 Å². The van der Waals surface area contributed by atoms with Crippen molar-refractivity contribution >= 4 is 23.0 Å². The van der Waals surface area contributed by atoms with E-state index in [2.05, 4.69) is 10.6 Å². The molecule has 140 valence electrons. The van der Waals surface area contributed by atoms with E-state index >= 15 is 0 Å². The smallest absolute Gasteiger partial charge is 0.391 e. The summed E-state index contributed by atoms with van der Waals surface area (Å²) in [6.07, 6.45) is -7.65. The number of aliphatic hydroxyl groups is 1. The third kappa shape index (κ3) is 5.46. The van der Waals surface area contributed by atoms with Gasteiger partial charge in [0.15, 0.2) is 5.11 Å². The molecule has 1 aliphatic rings. The van der Waals surface area contributed by atoms with Crippen LogP contribution in [0.4, 0.5) is 32.0 Å². The van der Waals surface area contributed by atoms with Crippen molar-refractivity contribution in [3.63, 3.8) is 0 Å². The fourth-order valence-corrected chi connectivity index (χ4v) is 2.91. The van der Waals surface area contributed by atoms with Crippen molar-refractivity contribution in [1.82, 2.24) is 5.32 Å². The van der Waals surface area contributed by atoms with E-state index in [1.54, 1.807) is 0 Å². The zero-order chi connectivity index (χ0) is 18.8. The lowest BCUT2D eigenvalue weighted by Crippen LogP contribution is -2.46. The minimum Gasteiger partial charge on any atom is -0.391 e. The minimum absolute atomic E-state index is 0.0482. The summed E-state index contributed by atoms with van der Waals surface area (Å²) in [6.45, 7) is 0. The number of thiocarbonyl (C=S) groups is 1. The van der Waals surface area contributed by atoms with Crippen molar-refractivity contribution in [3.8, 4) is 0 Å². The van der Waals surface area contributed by atoms with Crippen molar-refractivity contribution < 1.29 is 31.4 Å². The van der Waals surface area contributed by atoms with E-state index in [9.17, 15) is 31.4 Å². The zero-order valence-corrected chi connectivity index (χ0v) is 13.7. The molecule has 0 spiro atoms. The Morgan fingerprint density at radius 1 is 0.960 bits per heavy atom. The number of hydrogen-bond acceptors (Lipinski definition) is 2. The molecular formula is C15H16F6N2OS. The summed E-state index contributed by atoms with van der Waals surface area (Å²) in [7, 11) is 0. The molecule has 0 unspecified atom stereocenters. The molecule has 3 N–H and O–H groups in total. The summed E-state index contributed by atoms with van der Waals surface area (Å²) in [6, 6.07) is 0.773. The normalized spacial score (nSPS) is 21.7. The van der Waals surface area contributed by atoms with Gasteiger partial charge in [-0.05, 0) is 43.3 Å². The number of rotatable bonds is 2. The lowest BCUT2D eigenvalue weighted by atomic mass is 9.93. The van der Waals surface area contributed by atoms with Crippen molar-refractivity contribution in [2.45, 2.75) is 50.2 Å². The van der Waals surface area contributed by atoms with Gasteiger partial charge in [-0.25, -0.2) is 0 Å². The van der Waals surface area contributed by atoms with Gasteiger partial charge in [0.25, 0.3) is 0 Å². The van der Waals surface area contributed by atoms with Gasteiger partial charge in [-0.2, -0.15) is 26.3 Å². The van der Waals surface area contributed by atoms with Gasteiger partial charge in [0, 0.05) is 5.69 Å². The number of halogens is 6. The van der Waals surface area contributed by atoms with Crippen LogP contribution in [0.25, 0.3) is 0 Å². The summed E-state index contributed by atoms with van der Waals surface area (Å²) in [5.74, 6) is 0. The summed E-state index contributed by atoms with van der Waals surface area (Å²) >= 11 is 4.95. The molecule has 3 nitrogen and oxygen atoms in total. The van der Waals surface area contributed by atoms with Crippen LogP contribution >= 0.6 is 12.2 Å². The third-order valence-corrected chi connectivity index (χ3v) is 4.11. The van der Waals surface area contributed by atoms with Crippen LogP contribution in [-0.2, 0) is 12.4 Å². The van der Waals surface area contributed by atoms with Crippen LogP contribution in [0.2, 0.25) is 0 Å². The van der Waals surface area contributed by atoms with Crippen LogP contribution in [0.3, 0.4) is 0 Å². The average molecular weight is 386 g/mol. The highest BCUT2D eigenvalue weighted by Gasteiger charge is 2.37. The Balaban J connectivity index is 2.18. The lowest BCUT2D eigenvalue weighted by molar-refractivity contribution is -0.143. The number of alkyl halides is 6. The average Bonchev–Trinajstić information content (AvgIpc) is 2.47. The summed E-state index contributed by atoms with van der Waals surface area (Å²) in [5, 5.41) is 14.8. The maximum absolute atomic E-state index is 12.8. The molecule has 0 bridgehead atoms. The van der Waals surface area contributed by atoms with E-state index < -0.39 is 35.3 Å². The molecule has 0 amide bonds. The standard InChI is InChI=1S/C15H16F6N2OS/c16-14(17,18)8-5-9(15(19,20)21)7-10(6-8)22-13(25)23-11-3-1-2-4-12(11)24/h5-7,11-12,24H,1-4H2,(H2,22,23,25)/t11-,12-/m1/s1. The van der Waals surface area contributed by atoms with Crippen molar-refractivity contribution in [2.24, 2.45) is 0 Å². The number of nitrogens with one attached hydrogen (secondary N) is 2. The second kappa shape index (κ2) is 7.36. The Morgan fingerprint density at radius 2 is 1.48 bits per heavy atom. The fourth-order valence-electron chi connectivity index (χ4n) is 2.64. The van der Waals surface area contributed by atoms with E-state index in [1.165, 1.54) is 0 Å². The summed E-state index contributed by atoms with van der Waals surface area (Å²) in [4.78, 5) is 0. The Morgan fingerprint density at radius 3 is 1.96 bits per heavy atom. The summed E-state index contributed by atoms with van der Waals surface area (Å²) < 4.78 is 76.9. The molecule has 0 aliphatic heterocycles. The molecule has 1 saturated carbocycles. The van der Waals surface area contributed by atoms with Gasteiger partial charge >= 0.3 is 12.4 Å². The maximum Gasteiger partial charge on any atom is 0.416 e. The lowest BCUT2D eigenvalue weighted by Gasteiger charge is -2.29. The first-order valence-electron chi connectivity index (χ1n) is 7.52. The van der Waals surface area contributed by atoms with Gasteiger partial charge in [-0.1, -0.05) is 12.8 Å². The molecule has 0 radical (unpaired) electrons. The van der Waals surface area contributed by atoms with Gasteiger partial charge in [0.05, 0.1) is 23.3 Å². The van der Waals surface area contributed by atoms with Crippen LogP contribution in [-0.4, -0.2) is 22.4 Å². The van der Waals surface area contributed by atoms with Crippen LogP contribution in [0.1, 0.15) is 36.8 Å². The Labute approximate surface area is 145 Å². The van der Waals surface area contributed by atoms with Gasteiger partial charge in [0.1, 0.15) is 0 Å². The molecule has 1 fully saturated rings. The second-order valence-electron chi connectivity index (χ2n) is 5.85. The maximum atomic E-state index is 12.8. The van der Waals surface area contributed by atoms with E-state index in [1.807, 2.05) is 0 Å². The third-order valence-electron chi connectivity index (χ3n) is 3.89. The molecule has 2 atom stereocenters. The Kier molecular flexibility index (Phi) is 5.82. The first kappa shape index (κ1) is 19.8. The summed E-state index contributed by atoms with van der Waals surface area (Å²) in [5.41, 5.74) is -3.28. The molecule has 10 heteroatoms. The van der Waals surface area contributed by atoms with Crippen LogP contribution in [0.15, 0.2) is 18.2 Å². The van der Waals surface area contributed by atoms with Crippen molar-refractivity contribution in [1.29, 1.82) is 0 Å². The first-order chi connectivity index (χ1) is 11.5. The number of hydrogen-bond donors (Lipinski definition) is 3. The van der Waals surface area contributed by atoms with Gasteiger partial charge < -0.3 is 15.7 Å². The molecular weight excluding hydrogens is 370 g/mol. The molecule has 1 aromatic rings. The molecule has 0 aromatic heterocycles. The number of benzene rings is 1. The van der Waals surface area contributed by atoms with E-state index in [4.69, 9.17) is 12.2 Å². The predicted molar refractivity (Wildman–Crippen MR) is 84.1 cm³/mol. The second-order valence-corrected chi connectivity index (χ2v) is 6.26. The van der Waals surface area contributed by atoms with Crippen LogP contribution in [0.5, 0.6) is 0 Å². The SMILES string of the molecule is O[C@@H]1CCCC[C@H]1NC(=S)Nc1cc(C(F)(F)F)cc(C(F)(F)F)c1. The minimum atomic E-state index is -4.92. The predicted octanol–water partition coefficient (Wildman–Crippen LogP) is 4.31. The molecule has 1 aliphatic carbocycles. The fraction of sp³-hybridized carbons (Fsp3) is 0.533. The van der Waals surface area contributed by atoms with Gasteiger partial charge in [0.2, 0.25) is 0 Å². The number of anilines is 1. The highest BCUT2D eigenvalue weighted by atomic mass is 32.1. The molecule has 2 rings (SSSR count). The molecule has 25 heavy (non-hydrogen) atoms. The molecule has 0 heterocycles. The zero-order valence-electron chi connectivity index (χ0n) is 12.8. The van der Waals surface area contributed by atoms with E-state index in [-0.39, 0.29) is 17.2 Å². The van der Waals surface area contributed by atoms with E-state index in [0.717, 1.165) is 12.8 Å². The number of aliphatic hydroxyl groups excluding tert-OH is 1. The van der Waals surface area contributed by atoms with Crippen molar-refractivity contribution in [2.75, 3.05) is 5.32 Å². The van der Waals surface area contributed by atoms with Gasteiger partial charge in [-0.15, -0.1) is 0 Å². The largest absolute Gasteiger partial charge is 0.416 e. The highest BCUT2D eigenvalue weighted by Crippen LogP contribution is 2.37. The van der Waals surface area contributed by atoms with Gasteiger partial charge in [-0.3, -0.25) is 0 Å². The Bertz CT molecular complexity index is 599. The Hall–Kier alpha value is -1.55. The monoisotopic (exact) mass is 386 g/mol. The topological polar surface area (TPSA) is 44.3 Å². The van der Waals surface area contributed by atoms with Crippen molar-refractivity contribution in [3.05, 3.63) is 29.3 Å². The highest BCUT2D eigenvalue weighted by molar-refractivity contribution is 7.80. The van der Waals surface area contributed by atoms with Crippen LogP contribution < -0.4 is 10.6 Å². The molecule has 1 aromatic carbocycles. The van der Waals surface area contributed by atoms with Crippen LogP contribution in [0, 0.1) is 0 Å².